The maximum Gasteiger partial charge on any atom is 0.0144 e. The van der Waals surface area contributed by atoms with Gasteiger partial charge in [-0.1, -0.05) is 29.9 Å². The Morgan fingerprint density at radius 1 is 1.21 bits per heavy atom. The zero-order valence-electron chi connectivity index (χ0n) is 9.34. The second-order valence-electron chi connectivity index (χ2n) is 3.58. The first-order chi connectivity index (χ1) is 6.63. The lowest BCUT2D eigenvalue weighted by molar-refractivity contribution is 0.748. The minimum atomic E-state index is 1.00. The minimum Gasteiger partial charge on any atom is -0.391 e. The molecule has 0 saturated heterocycles. The predicted octanol–water partition coefficient (Wildman–Crippen LogP) is 3.58. The molecule has 0 saturated carbocycles. The summed E-state index contributed by atoms with van der Waals surface area (Å²) >= 11 is 0. The van der Waals surface area contributed by atoms with Crippen LogP contribution in [0.1, 0.15) is 26.7 Å². The Kier molecular flexibility index (Phi) is 7.62. The summed E-state index contributed by atoms with van der Waals surface area (Å²) in [5, 5.41) is 3.21. The average molecular weight is 191 g/mol. The molecule has 0 bridgehead atoms. The number of hydrogen-bond donors (Lipinski definition) is 1. The summed E-state index contributed by atoms with van der Waals surface area (Å²) in [6.45, 7) is 12.7. The summed E-state index contributed by atoms with van der Waals surface area (Å²) < 4.78 is 0. The lowest BCUT2D eigenvalue weighted by Gasteiger charge is -1.99. The van der Waals surface area contributed by atoms with Gasteiger partial charge in [0, 0.05) is 6.54 Å². The van der Waals surface area contributed by atoms with Crippen molar-refractivity contribution in [3.05, 3.63) is 48.7 Å². The van der Waals surface area contributed by atoms with Crippen molar-refractivity contribution < 1.29 is 0 Å². The van der Waals surface area contributed by atoms with E-state index < -0.39 is 0 Å². The summed E-state index contributed by atoms with van der Waals surface area (Å²) in [6, 6.07) is 0. The molecular weight excluding hydrogens is 170 g/mol. The molecule has 1 heteroatoms. The molecule has 0 amide bonds. The Hall–Kier alpha value is -1.24. The number of hydrogen-bond acceptors (Lipinski definition) is 1. The third-order valence-electron chi connectivity index (χ3n) is 1.63. The molecule has 0 aliphatic heterocycles. The van der Waals surface area contributed by atoms with Gasteiger partial charge in [0.05, 0.1) is 0 Å². The largest absolute Gasteiger partial charge is 0.391 e. The number of allylic oxidation sites excluding steroid dienone is 5. The highest BCUT2D eigenvalue weighted by molar-refractivity contribution is 5.16. The molecule has 0 aromatic rings. The average Bonchev–Trinajstić information content (AvgIpc) is 2.08. The third-order valence-corrected chi connectivity index (χ3v) is 1.63. The van der Waals surface area contributed by atoms with Crippen molar-refractivity contribution in [1.29, 1.82) is 0 Å². The maximum absolute atomic E-state index is 3.86. The van der Waals surface area contributed by atoms with Gasteiger partial charge in [0.1, 0.15) is 0 Å². The van der Waals surface area contributed by atoms with Gasteiger partial charge in [-0.05, 0) is 39.0 Å². The Morgan fingerprint density at radius 3 is 2.50 bits per heavy atom. The molecule has 1 N–H and O–H groups in total. The molecule has 0 radical (unpaired) electrons. The van der Waals surface area contributed by atoms with Crippen molar-refractivity contribution in [3.63, 3.8) is 0 Å². The van der Waals surface area contributed by atoms with E-state index in [-0.39, 0.29) is 0 Å². The molecule has 0 unspecified atom stereocenters. The fourth-order valence-corrected chi connectivity index (χ4v) is 0.919. The monoisotopic (exact) mass is 191 g/mol. The first kappa shape index (κ1) is 12.8. The van der Waals surface area contributed by atoms with E-state index in [1.54, 1.807) is 0 Å². The van der Waals surface area contributed by atoms with E-state index in [0.29, 0.717) is 0 Å². The van der Waals surface area contributed by atoms with Crippen molar-refractivity contribution in [2.24, 2.45) is 0 Å². The van der Waals surface area contributed by atoms with Crippen LogP contribution in [0.4, 0.5) is 0 Å². The van der Waals surface area contributed by atoms with Gasteiger partial charge in [-0.25, -0.2) is 0 Å². The van der Waals surface area contributed by atoms with Gasteiger partial charge >= 0.3 is 0 Å². The Balaban J connectivity index is 3.36. The van der Waals surface area contributed by atoms with Crippen LogP contribution in [0.2, 0.25) is 0 Å². The lowest BCUT2D eigenvalue weighted by Crippen LogP contribution is -2.06. The van der Waals surface area contributed by atoms with Gasteiger partial charge in [0.25, 0.3) is 0 Å². The second kappa shape index (κ2) is 8.36. The molecule has 0 rings (SSSR count). The van der Waals surface area contributed by atoms with E-state index >= 15 is 0 Å². The van der Waals surface area contributed by atoms with Gasteiger partial charge in [-0.3, -0.25) is 0 Å². The van der Waals surface area contributed by atoms with E-state index in [4.69, 9.17) is 0 Å². The minimum absolute atomic E-state index is 1.00. The highest BCUT2D eigenvalue weighted by atomic mass is 14.8. The highest BCUT2D eigenvalue weighted by Gasteiger charge is 1.84. The molecule has 0 aliphatic carbocycles. The molecule has 0 fully saturated rings. The summed E-state index contributed by atoms with van der Waals surface area (Å²) in [7, 11) is 0. The summed E-state index contributed by atoms with van der Waals surface area (Å²) in [4.78, 5) is 0. The van der Waals surface area contributed by atoms with Crippen LogP contribution < -0.4 is 5.32 Å². The van der Waals surface area contributed by atoms with Crippen LogP contribution in [0.5, 0.6) is 0 Å². The molecule has 0 aromatic carbocycles. The van der Waals surface area contributed by atoms with Crippen molar-refractivity contribution in [3.8, 4) is 0 Å². The van der Waals surface area contributed by atoms with Gasteiger partial charge in [0.15, 0.2) is 0 Å². The van der Waals surface area contributed by atoms with Crippen LogP contribution in [0.15, 0.2) is 48.7 Å². The molecule has 0 heterocycles. The molecule has 0 atom stereocenters. The Morgan fingerprint density at radius 2 is 1.93 bits per heavy atom. The van der Waals surface area contributed by atoms with E-state index in [1.807, 2.05) is 31.4 Å². The van der Waals surface area contributed by atoms with E-state index in [0.717, 1.165) is 25.0 Å². The molecular formula is C13H21N. The van der Waals surface area contributed by atoms with E-state index in [9.17, 15) is 0 Å². The molecule has 0 spiro atoms. The second-order valence-corrected chi connectivity index (χ2v) is 3.58. The molecule has 0 aromatic heterocycles. The van der Waals surface area contributed by atoms with Crippen LogP contribution in [0.25, 0.3) is 0 Å². The van der Waals surface area contributed by atoms with Gasteiger partial charge in [0.2, 0.25) is 0 Å². The summed E-state index contributed by atoms with van der Waals surface area (Å²) in [5.41, 5.74) is 2.31. The van der Waals surface area contributed by atoms with Crippen molar-refractivity contribution in [2.75, 3.05) is 6.54 Å². The topological polar surface area (TPSA) is 12.0 Å². The maximum atomic E-state index is 3.86. The van der Waals surface area contributed by atoms with Crippen LogP contribution in [-0.4, -0.2) is 6.54 Å². The summed E-state index contributed by atoms with van der Waals surface area (Å²) in [5.74, 6) is 0. The standard InChI is InChI=1S/C13H21N/c1-12(2)8-5-6-10-14-11-7-9-13(3)4/h5-6,8,10,14H,1,3,7,9,11H2,2,4H3/b8-5-,10-6-. The zero-order chi connectivity index (χ0) is 10.8. The van der Waals surface area contributed by atoms with Crippen LogP contribution in [0, 0.1) is 0 Å². The molecule has 14 heavy (non-hydrogen) atoms. The van der Waals surface area contributed by atoms with Crippen LogP contribution in [-0.2, 0) is 0 Å². The van der Waals surface area contributed by atoms with Crippen molar-refractivity contribution in [1.82, 2.24) is 5.32 Å². The van der Waals surface area contributed by atoms with E-state index in [1.165, 1.54) is 5.57 Å². The van der Waals surface area contributed by atoms with E-state index in [2.05, 4.69) is 25.4 Å². The Bertz CT molecular complexity index is 234. The van der Waals surface area contributed by atoms with Crippen LogP contribution in [0.3, 0.4) is 0 Å². The Labute approximate surface area is 87.9 Å². The number of rotatable bonds is 7. The first-order valence-corrected chi connectivity index (χ1v) is 4.99. The fourth-order valence-electron chi connectivity index (χ4n) is 0.919. The molecule has 1 nitrogen and oxygen atoms in total. The predicted molar refractivity (Wildman–Crippen MR) is 65.1 cm³/mol. The van der Waals surface area contributed by atoms with Gasteiger partial charge in [-0.2, -0.15) is 0 Å². The first-order valence-electron chi connectivity index (χ1n) is 4.99. The normalized spacial score (nSPS) is 11.0. The third kappa shape index (κ3) is 10.8. The highest BCUT2D eigenvalue weighted by Crippen LogP contribution is 1.98. The van der Waals surface area contributed by atoms with Crippen LogP contribution >= 0.6 is 0 Å². The number of nitrogens with one attached hydrogen (secondary N) is 1. The fraction of sp³-hybridized carbons (Fsp3) is 0.385. The van der Waals surface area contributed by atoms with Crippen molar-refractivity contribution in [2.45, 2.75) is 26.7 Å². The van der Waals surface area contributed by atoms with Crippen molar-refractivity contribution >= 4 is 0 Å². The quantitative estimate of drug-likeness (QED) is 0.368. The molecule has 78 valence electrons. The van der Waals surface area contributed by atoms with Gasteiger partial charge in [-0.15, -0.1) is 6.58 Å². The zero-order valence-corrected chi connectivity index (χ0v) is 9.34. The smallest absolute Gasteiger partial charge is 0.0144 e. The summed E-state index contributed by atoms with van der Waals surface area (Å²) in [6.07, 6.45) is 10.1. The molecule has 0 aliphatic rings. The van der Waals surface area contributed by atoms with Gasteiger partial charge < -0.3 is 5.32 Å². The SMILES string of the molecule is C=C(C)/C=C\C=C/NCCCC(=C)C. The lowest BCUT2D eigenvalue weighted by atomic mass is 10.2.